The Hall–Kier alpha value is -1.88. The van der Waals surface area contributed by atoms with Gasteiger partial charge in [0.15, 0.2) is 0 Å². The molecule has 5 atom stereocenters. The molecule has 0 amide bonds. The van der Waals surface area contributed by atoms with Gasteiger partial charge in [0.1, 0.15) is 6.61 Å². The third-order valence-corrected chi connectivity index (χ3v) is 6.35. The number of esters is 2. The van der Waals surface area contributed by atoms with Crippen LogP contribution in [-0.2, 0) is 30.4 Å². The molecule has 30 heavy (non-hydrogen) atoms. The lowest BCUT2D eigenvalue weighted by molar-refractivity contribution is -0.165. The molecule has 5 nitrogen and oxygen atoms in total. The lowest BCUT2D eigenvalue weighted by atomic mass is 9.72. The standard InChI is InChI=1S/C25H36O5/c1-17(2)11-7-4-5-10-14-28-25(27)22-18(3)23-21(30-23)15-20(22)24(26)29-16-19-12-8-6-9-13-19/h6,8-9,12-13,17-18,20-23H,4-5,7,10-11,14-16H2,1-3H3. The fourth-order valence-electron chi connectivity index (χ4n) is 4.51. The molecule has 0 bridgehead atoms. The van der Waals surface area contributed by atoms with Crippen molar-refractivity contribution in [3.05, 3.63) is 35.9 Å². The first-order chi connectivity index (χ1) is 14.5. The minimum Gasteiger partial charge on any atom is -0.465 e. The molecule has 1 aliphatic heterocycles. The monoisotopic (exact) mass is 416 g/mol. The first-order valence-electron chi connectivity index (χ1n) is 11.5. The molecule has 1 aromatic rings. The zero-order valence-corrected chi connectivity index (χ0v) is 18.5. The van der Waals surface area contributed by atoms with E-state index in [0.717, 1.165) is 24.3 Å². The largest absolute Gasteiger partial charge is 0.465 e. The van der Waals surface area contributed by atoms with Gasteiger partial charge in [-0.2, -0.15) is 0 Å². The van der Waals surface area contributed by atoms with Crippen LogP contribution in [0, 0.1) is 23.7 Å². The van der Waals surface area contributed by atoms with E-state index in [4.69, 9.17) is 14.2 Å². The Bertz CT molecular complexity index is 686. The van der Waals surface area contributed by atoms with E-state index in [1.807, 2.05) is 37.3 Å². The van der Waals surface area contributed by atoms with E-state index in [-0.39, 0.29) is 36.7 Å². The maximum atomic E-state index is 12.9. The van der Waals surface area contributed by atoms with E-state index >= 15 is 0 Å². The molecular weight excluding hydrogens is 380 g/mol. The highest BCUT2D eigenvalue weighted by Crippen LogP contribution is 2.47. The van der Waals surface area contributed by atoms with Gasteiger partial charge in [-0.3, -0.25) is 9.59 Å². The number of hydrogen-bond donors (Lipinski definition) is 0. The number of carbonyl (C=O) groups is 2. The second-order valence-corrected chi connectivity index (χ2v) is 9.22. The van der Waals surface area contributed by atoms with Gasteiger partial charge in [0.2, 0.25) is 0 Å². The van der Waals surface area contributed by atoms with Gasteiger partial charge in [-0.05, 0) is 30.2 Å². The molecule has 2 aliphatic rings. The first-order valence-corrected chi connectivity index (χ1v) is 11.5. The molecule has 0 N–H and O–H groups in total. The summed E-state index contributed by atoms with van der Waals surface area (Å²) in [5, 5.41) is 0. The van der Waals surface area contributed by atoms with Crippen molar-refractivity contribution in [2.75, 3.05) is 6.61 Å². The van der Waals surface area contributed by atoms with Crippen LogP contribution in [0.5, 0.6) is 0 Å². The van der Waals surface area contributed by atoms with E-state index in [9.17, 15) is 9.59 Å². The number of carbonyl (C=O) groups excluding carboxylic acids is 2. The highest BCUT2D eigenvalue weighted by atomic mass is 16.6. The molecule has 1 saturated carbocycles. The summed E-state index contributed by atoms with van der Waals surface area (Å²) in [7, 11) is 0. The van der Waals surface area contributed by atoms with Crippen molar-refractivity contribution < 1.29 is 23.8 Å². The zero-order chi connectivity index (χ0) is 21.5. The Balaban J connectivity index is 1.47. The van der Waals surface area contributed by atoms with Crippen LogP contribution in [0.15, 0.2) is 30.3 Å². The van der Waals surface area contributed by atoms with Crippen LogP contribution in [0.4, 0.5) is 0 Å². The Kier molecular flexibility index (Phi) is 8.32. The lowest BCUT2D eigenvalue weighted by Crippen LogP contribution is -2.42. The van der Waals surface area contributed by atoms with Crippen LogP contribution in [0.25, 0.3) is 0 Å². The number of benzene rings is 1. The molecule has 3 rings (SSSR count). The fourth-order valence-corrected chi connectivity index (χ4v) is 4.51. The summed E-state index contributed by atoms with van der Waals surface area (Å²) < 4.78 is 16.8. The van der Waals surface area contributed by atoms with Crippen LogP contribution in [-0.4, -0.2) is 30.8 Å². The second-order valence-electron chi connectivity index (χ2n) is 9.22. The quantitative estimate of drug-likeness (QED) is 0.291. The summed E-state index contributed by atoms with van der Waals surface area (Å²) in [6.07, 6.45) is 6.25. The molecular formula is C25H36O5. The topological polar surface area (TPSA) is 65.1 Å². The van der Waals surface area contributed by atoms with Crippen molar-refractivity contribution in [3.63, 3.8) is 0 Å². The van der Waals surface area contributed by atoms with Gasteiger partial charge in [-0.1, -0.05) is 76.8 Å². The Labute approximate surface area is 180 Å². The van der Waals surface area contributed by atoms with E-state index in [1.165, 1.54) is 19.3 Å². The van der Waals surface area contributed by atoms with Gasteiger partial charge in [0.05, 0.1) is 30.7 Å². The van der Waals surface area contributed by atoms with E-state index in [2.05, 4.69) is 13.8 Å². The number of rotatable bonds is 11. The lowest BCUT2D eigenvalue weighted by Gasteiger charge is -2.31. The maximum absolute atomic E-state index is 12.9. The highest BCUT2D eigenvalue weighted by molar-refractivity contribution is 5.83. The Morgan fingerprint density at radius 3 is 2.50 bits per heavy atom. The van der Waals surface area contributed by atoms with Crippen LogP contribution < -0.4 is 0 Å². The minimum absolute atomic E-state index is 0.0310. The van der Waals surface area contributed by atoms with Gasteiger partial charge in [0, 0.05) is 0 Å². The number of unbranched alkanes of at least 4 members (excludes halogenated alkanes) is 3. The molecule has 1 saturated heterocycles. The molecule has 2 fully saturated rings. The SMILES string of the molecule is CC(C)CCCCCCOC(=O)C1C(C(=O)OCc2ccccc2)CC2OC2C1C. The van der Waals surface area contributed by atoms with Crippen LogP contribution >= 0.6 is 0 Å². The first kappa shape index (κ1) is 22.8. The second kappa shape index (κ2) is 10.9. The number of ether oxygens (including phenoxy) is 3. The number of fused-ring (bicyclic) bond motifs is 1. The van der Waals surface area contributed by atoms with Crippen LogP contribution in [0.1, 0.15) is 64.9 Å². The predicted molar refractivity (Wildman–Crippen MR) is 115 cm³/mol. The zero-order valence-electron chi connectivity index (χ0n) is 18.5. The summed E-state index contributed by atoms with van der Waals surface area (Å²) in [4.78, 5) is 25.7. The summed E-state index contributed by atoms with van der Waals surface area (Å²) >= 11 is 0. The summed E-state index contributed by atoms with van der Waals surface area (Å²) in [5.74, 6) is -0.876. The molecule has 1 aliphatic carbocycles. The Morgan fingerprint density at radius 2 is 1.77 bits per heavy atom. The van der Waals surface area contributed by atoms with Crippen LogP contribution in [0.2, 0.25) is 0 Å². The molecule has 166 valence electrons. The predicted octanol–water partition coefficient (Wildman–Crippen LogP) is 4.92. The molecule has 5 heteroatoms. The van der Waals surface area contributed by atoms with E-state index in [0.29, 0.717) is 13.0 Å². The minimum atomic E-state index is -0.494. The summed E-state index contributed by atoms with van der Waals surface area (Å²) in [5.41, 5.74) is 0.937. The average Bonchev–Trinajstić information content (AvgIpc) is 3.51. The molecule has 0 aromatic heterocycles. The van der Waals surface area contributed by atoms with Crippen molar-refractivity contribution in [2.24, 2.45) is 23.7 Å². The highest BCUT2D eigenvalue weighted by Gasteiger charge is 2.58. The molecule has 0 spiro atoms. The summed E-state index contributed by atoms with van der Waals surface area (Å²) in [6.45, 7) is 7.10. The van der Waals surface area contributed by atoms with Crippen molar-refractivity contribution in [2.45, 2.75) is 78.1 Å². The average molecular weight is 417 g/mol. The molecule has 1 heterocycles. The Morgan fingerprint density at radius 1 is 1.03 bits per heavy atom. The number of hydrogen-bond acceptors (Lipinski definition) is 5. The van der Waals surface area contributed by atoms with Crippen molar-refractivity contribution in [1.29, 1.82) is 0 Å². The van der Waals surface area contributed by atoms with Crippen molar-refractivity contribution in [3.8, 4) is 0 Å². The third-order valence-electron chi connectivity index (χ3n) is 6.35. The molecule has 1 aromatic carbocycles. The van der Waals surface area contributed by atoms with Crippen LogP contribution in [0.3, 0.4) is 0 Å². The fraction of sp³-hybridized carbons (Fsp3) is 0.680. The maximum Gasteiger partial charge on any atom is 0.310 e. The van der Waals surface area contributed by atoms with E-state index in [1.54, 1.807) is 0 Å². The van der Waals surface area contributed by atoms with E-state index < -0.39 is 11.8 Å². The van der Waals surface area contributed by atoms with Gasteiger partial charge in [-0.25, -0.2) is 0 Å². The van der Waals surface area contributed by atoms with Crippen molar-refractivity contribution >= 4 is 11.9 Å². The molecule has 0 radical (unpaired) electrons. The van der Waals surface area contributed by atoms with Gasteiger partial charge in [-0.15, -0.1) is 0 Å². The van der Waals surface area contributed by atoms with Gasteiger partial charge in [0.25, 0.3) is 0 Å². The normalized spacial score (nSPS) is 27.4. The number of epoxide rings is 1. The smallest absolute Gasteiger partial charge is 0.310 e. The van der Waals surface area contributed by atoms with Gasteiger partial charge >= 0.3 is 11.9 Å². The molecule has 5 unspecified atom stereocenters. The summed E-state index contributed by atoms with van der Waals surface area (Å²) in [6, 6.07) is 9.59. The van der Waals surface area contributed by atoms with Gasteiger partial charge < -0.3 is 14.2 Å². The van der Waals surface area contributed by atoms with Crippen molar-refractivity contribution in [1.82, 2.24) is 0 Å². The third kappa shape index (κ3) is 6.31.